The summed E-state index contributed by atoms with van der Waals surface area (Å²) in [7, 11) is 0. The van der Waals surface area contributed by atoms with Crippen molar-refractivity contribution in [2.75, 3.05) is 11.6 Å². The van der Waals surface area contributed by atoms with Crippen molar-refractivity contribution in [3.05, 3.63) is 18.3 Å². The molecule has 1 aliphatic heterocycles. The topological polar surface area (TPSA) is 84.5 Å². The molecule has 0 aromatic carbocycles. The summed E-state index contributed by atoms with van der Waals surface area (Å²) in [5, 5.41) is 13.3. The summed E-state index contributed by atoms with van der Waals surface area (Å²) in [6.07, 6.45) is 2.93. The SMILES string of the molecule is CCC1=NN(c2cccnn2)C(=O)C1CCN. The van der Waals surface area contributed by atoms with Gasteiger partial charge in [-0.05, 0) is 31.5 Å². The molecular weight excluding hydrogens is 218 g/mol. The first-order valence-corrected chi connectivity index (χ1v) is 5.67. The molecule has 1 aliphatic rings. The van der Waals surface area contributed by atoms with E-state index in [1.807, 2.05) is 6.92 Å². The summed E-state index contributed by atoms with van der Waals surface area (Å²) in [6, 6.07) is 3.44. The molecule has 1 atom stereocenters. The number of carbonyl (C=O) groups excluding carboxylic acids is 1. The number of hydrazone groups is 1. The molecular formula is C11H15N5O. The van der Waals surface area contributed by atoms with Crippen molar-refractivity contribution >= 4 is 17.4 Å². The van der Waals surface area contributed by atoms with Gasteiger partial charge >= 0.3 is 0 Å². The highest BCUT2D eigenvalue weighted by Gasteiger charge is 2.35. The smallest absolute Gasteiger partial charge is 0.257 e. The van der Waals surface area contributed by atoms with E-state index in [-0.39, 0.29) is 11.8 Å². The second kappa shape index (κ2) is 5.01. The third-order valence-electron chi connectivity index (χ3n) is 2.73. The Labute approximate surface area is 99.5 Å². The van der Waals surface area contributed by atoms with Crippen LogP contribution in [-0.2, 0) is 4.79 Å². The molecule has 2 N–H and O–H groups in total. The second-order valence-corrected chi connectivity index (χ2v) is 3.81. The van der Waals surface area contributed by atoms with Crippen LogP contribution in [0.25, 0.3) is 0 Å². The summed E-state index contributed by atoms with van der Waals surface area (Å²) in [6.45, 7) is 2.46. The number of anilines is 1. The third kappa shape index (κ3) is 2.16. The molecule has 1 aromatic rings. The van der Waals surface area contributed by atoms with Crippen LogP contribution in [-0.4, -0.2) is 28.4 Å². The largest absolute Gasteiger partial charge is 0.330 e. The van der Waals surface area contributed by atoms with E-state index >= 15 is 0 Å². The lowest BCUT2D eigenvalue weighted by Crippen LogP contribution is -2.29. The van der Waals surface area contributed by atoms with Gasteiger partial charge in [0, 0.05) is 6.20 Å². The standard InChI is InChI=1S/C11H15N5O/c1-2-9-8(5-6-12)11(17)16(15-9)10-4-3-7-13-14-10/h3-4,7-8H,2,5-6,12H2,1H3. The summed E-state index contributed by atoms with van der Waals surface area (Å²) >= 11 is 0. The van der Waals surface area contributed by atoms with Crippen molar-refractivity contribution in [2.45, 2.75) is 19.8 Å². The van der Waals surface area contributed by atoms with Crippen LogP contribution in [0.2, 0.25) is 0 Å². The highest BCUT2D eigenvalue weighted by atomic mass is 16.2. The first-order valence-electron chi connectivity index (χ1n) is 5.67. The van der Waals surface area contributed by atoms with Crippen molar-refractivity contribution in [3.63, 3.8) is 0 Å². The maximum atomic E-state index is 12.2. The Balaban J connectivity index is 2.27. The van der Waals surface area contributed by atoms with Crippen molar-refractivity contribution in [1.29, 1.82) is 0 Å². The summed E-state index contributed by atoms with van der Waals surface area (Å²) in [5.74, 6) is 0.197. The fourth-order valence-corrected chi connectivity index (χ4v) is 1.88. The van der Waals surface area contributed by atoms with Crippen LogP contribution >= 0.6 is 0 Å². The van der Waals surface area contributed by atoms with Gasteiger partial charge in [0.1, 0.15) is 0 Å². The van der Waals surface area contributed by atoms with Crippen molar-refractivity contribution in [3.8, 4) is 0 Å². The molecule has 17 heavy (non-hydrogen) atoms. The van der Waals surface area contributed by atoms with E-state index in [9.17, 15) is 4.79 Å². The Morgan fingerprint density at radius 3 is 2.94 bits per heavy atom. The predicted octanol–water partition coefficient (Wildman–Crippen LogP) is 0.554. The van der Waals surface area contributed by atoms with Gasteiger partial charge in [0.2, 0.25) is 0 Å². The van der Waals surface area contributed by atoms with Crippen molar-refractivity contribution < 1.29 is 4.79 Å². The van der Waals surface area contributed by atoms with Crippen LogP contribution in [0.15, 0.2) is 23.4 Å². The lowest BCUT2D eigenvalue weighted by atomic mass is 9.98. The summed E-state index contributed by atoms with van der Waals surface area (Å²) < 4.78 is 0. The molecule has 2 rings (SSSR count). The minimum Gasteiger partial charge on any atom is -0.330 e. The molecule has 6 heteroatoms. The highest BCUT2D eigenvalue weighted by Crippen LogP contribution is 2.24. The molecule has 0 radical (unpaired) electrons. The number of hydrogen-bond acceptors (Lipinski definition) is 5. The van der Waals surface area contributed by atoms with Gasteiger partial charge in [-0.2, -0.15) is 15.2 Å². The van der Waals surface area contributed by atoms with Crippen LogP contribution in [0.1, 0.15) is 19.8 Å². The first-order chi connectivity index (χ1) is 8.27. The number of aromatic nitrogens is 2. The van der Waals surface area contributed by atoms with Crippen molar-refractivity contribution in [2.24, 2.45) is 16.8 Å². The molecule has 0 saturated carbocycles. The maximum absolute atomic E-state index is 12.2. The quantitative estimate of drug-likeness (QED) is 0.823. The first kappa shape index (κ1) is 11.7. The monoisotopic (exact) mass is 233 g/mol. The molecule has 1 unspecified atom stereocenters. The van der Waals surface area contributed by atoms with Gasteiger partial charge in [-0.15, -0.1) is 5.10 Å². The Morgan fingerprint density at radius 2 is 2.35 bits per heavy atom. The van der Waals surface area contributed by atoms with Crippen LogP contribution in [0.5, 0.6) is 0 Å². The van der Waals surface area contributed by atoms with Crippen LogP contribution < -0.4 is 10.7 Å². The van der Waals surface area contributed by atoms with E-state index < -0.39 is 0 Å². The zero-order valence-corrected chi connectivity index (χ0v) is 9.71. The van der Waals surface area contributed by atoms with E-state index in [0.29, 0.717) is 18.8 Å². The van der Waals surface area contributed by atoms with Gasteiger partial charge < -0.3 is 5.73 Å². The van der Waals surface area contributed by atoms with Gasteiger partial charge in [0.15, 0.2) is 5.82 Å². The molecule has 0 aliphatic carbocycles. The Kier molecular flexibility index (Phi) is 3.43. The maximum Gasteiger partial charge on any atom is 0.257 e. The minimum absolute atomic E-state index is 0.0622. The molecule has 90 valence electrons. The molecule has 0 bridgehead atoms. The summed E-state index contributed by atoms with van der Waals surface area (Å²) in [5.41, 5.74) is 6.38. The van der Waals surface area contributed by atoms with E-state index in [2.05, 4.69) is 15.3 Å². The summed E-state index contributed by atoms with van der Waals surface area (Å²) in [4.78, 5) is 12.2. The van der Waals surface area contributed by atoms with E-state index in [1.165, 1.54) is 5.01 Å². The van der Waals surface area contributed by atoms with Gasteiger partial charge in [-0.3, -0.25) is 4.79 Å². The second-order valence-electron chi connectivity index (χ2n) is 3.81. The van der Waals surface area contributed by atoms with Gasteiger partial charge in [0.25, 0.3) is 5.91 Å². The van der Waals surface area contributed by atoms with Crippen molar-refractivity contribution in [1.82, 2.24) is 10.2 Å². The number of hydrogen-bond donors (Lipinski definition) is 1. The fraction of sp³-hybridized carbons (Fsp3) is 0.455. The van der Waals surface area contributed by atoms with E-state index in [4.69, 9.17) is 5.73 Å². The van der Waals surface area contributed by atoms with E-state index in [0.717, 1.165) is 12.1 Å². The van der Waals surface area contributed by atoms with E-state index in [1.54, 1.807) is 18.3 Å². The molecule has 0 fully saturated rings. The molecule has 2 heterocycles. The zero-order valence-electron chi connectivity index (χ0n) is 9.71. The lowest BCUT2D eigenvalue weighted by molar-refractivity contribution is -0.119. The highest BCUT2D eigenvalue weighted by molar-refractivity contribution is 6.15. The van der Waals surface area contributed by atoms with Gasteiger partial charge in [-0.1, -0.05) is 6.92 Å². The third-order valence-corrected chi connectivity index (χ3v) is 2.73. The Hall–Kier alpha value is -1.82. The molecule has 1 aromatic heterocycles. The molecule has 0 saturated heterocycles. The minimum atomic E-state index is -0.202. The molecule has 1 amide bonds. The van der Waals surface area contributed by atoms with Crippen LogP contribution in [0.3, 0.4) is 0 Å². The van der Waals surface area contributed by atoms with Gasteiger partial charge in [-0.25, -0.2) is 0 Å². The van der Waals surface area contributed by atoms with Gasteiger partial charge in [0.05, 0.1) is 11.6 Å². The average Bonchev–Trinajstić information content (AvgIpc) is 2.69. The zero-order chi connectivity index (χ0) is 12.3. The normalized spacial score (nSPS) is 19.6. The Morgan fingerprint density at radius 1 is 1.53 bits per heavy atom. The number of carbonyl (C=O) groups is 1. The number of nitrogens with zero attached hydrogens (tertiary/aromatic N) is 4. The average molecular weight is 233 g/mol. The molecule has 6 nitrogen and oxygen atoms in total. The van der Waals surface area contributed by atoms with Crippen LogP contribution in [0, 0.1) is 5.92 Å². The fourth-order valence-electron chi connectivity index (χ4n) is 1.88. The number of nitrogens with two attached hydrogens (primary N) is 1. The Bertz CT molecular complexity index is 431. The number of amides is 1. The molecule has 0 spiro atoms. The number of rotatable bonds is 4. The lowest BCUT2D eigenvalue weighted by Gasteiger charge is -2.11. The van der Waals surface area contributed by atoms with Crippen LogP contribution in [0.4, 0.5) is 5.82 Å². The predicted molar refractivity (Wildman–Crippen MR) is 64.4 cm³/mol.